The fourth-order valence-corrected chi connectivity index (χ4v) is 11.7. The smallest absolute Gasteiger partial charge is 0.225 e. The molecule has 5 aliphatic carbocycles. The number of benzene rings is 1. The Bertz CT molecular complexity index is 1350. The molecule has 1 aromatic rings. The Morgan fingerprint density at radius 1 is 0.932 bits per heavy atom. The van der Waals surface area contributed by atoms with E-state index in [9.17, 15) is 14.7 Å². The highest BCUT2D eigenvalue weighted by atomic mass is 16.5. The molecule has 5 aliphatic rings. The zero-order valence-electron chi connectivity index (χ0n) is 28.6. The van der Waals surface area contributed by atoms with Crippen molar-refractivity contribution < 1.29 is 19.4 Å². The zero-order chi connectivity index (χ0) is 31.9. The van der Waals surface area contributed by atoms with Crippen molar-refractivity contribution in [2.75, 3.05) is 13.7 Å². The number of rotatable bonds is 5. The molecule has 5 nitrogen and oxygen atoms in total. The highest BCUT2D eigenvalue weighted by molar-refractivity contribution is 5.95. The number of ketones is 1. The lowest BCUT2D eigenvalue weighted by molar-refractivity contribution is -0.202. The van der Waals surface area contributed by atoms with E-state index < -0.39 is 5.41 Å². The number of amides is 1. The number of ether oxygens (including phenoxy) is 1. The zero-order valence-corrected chi connectivity index (χ0v) is 28.6. The summed E-state index contributed by atoms with van der Waals surface area (Å²) in [5.41, 5.74) is 1.74. The van der Waals surface area contributed by atoms with Gasteiger partial charge in [-0.3, -0.25) is 9.59 Å². The van der Waals surface area contributed by atoms with Gasteiger partial charge in [0.2, 0.25) is 5.91 Å². The number of methoxy groups -OCH3 is 1. The maximum absolute atomic E-state index is 14.5. The Balaban J connectivity index is 1.26. The van der Waals surface area contributed by atoms with Crippen LogP contribution in [0.15, 0.2) is 35.9 Å². The average Bonchev–Trinajstić information content (AvgIpc) is 2.97. The molecule has 0 aromatic heterocycles. The summed E-state index contributed by atoms with van der Waals surface area (Å²) >= 11 is 0. The van der Waals surface area contributed by atoms with Crippen molar-refractivity contribution in [1.29, 1.82) is 0 Å². The SMILES string of the molecule is COc1ccc(CCNC(=O)[C@@]2(C)CC[C@]3(C)CC[C@]4(C)C(=CC(=O)[C@@H]5[C@@]6(C)CC[C@H](O)C(C)(C)C6CC[C@]54C)[C@H]3C2)cc1. The monoisotopic (exact) mass is 603 g/mol. The van der Waals surface area contributed by atoms with Crippen LogP contribution in [-0.2, 0) is 16.0 Å². The van der Waals surface area contributed by atoms with Crippen LogP contribution in [0.3, 0.4) is 0 Å². The fourth-order valence-electron chi connectivity index (χ4n) is 11.7. The highest BCUT2D eigenvalue weighted by Gasteiger charge is 2.70. The molecule has 44 heavy (non-hydrogen) atoms. The first-order valence-corrected chi connectivity index (χ1v) is 17.4. The third kappa shape index (κ3) is 4.48. The molecule has 1 unspecified atom stereocenters. The van der Waals surface area contributed by atoms with Gasteiger partial charge in [0.05, 0.1) is 13.2 Å². The normalized spacial score (nSPS) is 44.3. The molecule has 2 N–H and O–H groups in total. The van der Waals surface area contributed by atoms with E-state index in [0.717, 1.165) is 70.0 Å². The van der Waals surface area contributed by atoms with Crippen molar-refractivity contribution in [2.45, 2.75) is 119 Å². The maximum atomic E-state index is 14.5. The average molecular weight is 604 g/mol. The first kappa shape index (κ1) is 31.8. The second kappa shape index (κ2) is 10.4. The van der Waals surface area contributed by atoms with Crippen LogP contribution in [0.1, 0.15) is 112 Å². The first-order chi connectivity index (χ1) is 20.5. The van der Waals surface area contributed by atoms with Crippen LogP contribution in [0, 0.1) is 50.2 Å². The molecule has 6 rings (SSSR count). The van der Waals surface area contributed by atoms with Gasteiger partial charge in [-0.1, -0.05) is 66.2 Å². The molecule has 4 saturated carbocycles. The lowest BCUT2D eigenvalue weighted by Gasteiger charge is -2.70. The predicted molar refractivity (Wildman–Crippen MR) is 175 cm³/mol. The van der Waals surface area contributed by atoms with Crippen LogP contribution in [0.25, 0.3) is 0 Å². The summed E-state index contributed by atoms with van der Waals surface area (Å²) in [4.78, 5) is 28.4. The van der Waals surface area contributed by atoms with E-state index in [2.05, 4.69) is 72.0 Å². The van der Waals surface area contributed by atoms with E-state index in [1.807, 2.05) is 12.1 Å². The van der Waals surface area contributed by atoms with Crippen molar-refractivity contribution in [3.63, 3.8) is 0 Å². The number of allylic oxidation sites excluding steroid dienone is 2. The van der Waals surface area contributed by atoms with Crippen molar-refractivity contribution in [1.82, 2.24) is 5.32 Å². The minimum atomic E-state index is -0.447. The Labute approximate surface area is 266 Å². The molecule has 0 aliphatic heterocycles. The lowest BCUT2D eigenvalue weighted by Crippen LogP contribution is -2.66. The van der Waals surface area contributed by atoms with Gasteiger partial charge >= 0.3 is 0 Å². The van der Waals surface area contributed by atoms with E-state index in [-0.39, 0.29) is 50.9 Å². The third-order valence-corrected chi connectivity index (χ3v) is 15.0. The molecular weight excluding hydrogens is 546 g/mol. The topological polar surface area (TPSA) is 75.6 Å². The minimum Gasteiger partial charge on any atom is -0.497 e. The Morgan fingerprint density at radius 3 is 2.30 bits per heavy atom. The molecule has 0 spiro atoms. The van der Waals surface area contributed by atoms with E-state index in [0.29, 0.717) is 18.2 Å². The summed E-state index contributed by atoms with van der Waals surface area (Å²) in [5, 5.41) is 14.3. The van der Waals surface area contributed by atoms with Gasteiger partial charge in [-0.25, -0.2) is 0 Å². The van der Waals surface area contributed by atoms with E-state index in [1.54, 1.807) is 7.11 Å². The molecule has 9 atom stereocenters. The molecule has 0 saturated heterocycles. The molecule has 0 radical (unpaired) electrons. The second-order valence-electron chi connectivity index (χ2n) is 17.5. The molecule has 1 amide bonds. The van der Waals surface area contributed by atoms with Crippen LogP contribution in [0.2, 0.25) is 0 Å². The molecular formula is C39H57NO4. The predicted octanol–water partition coefficient (Wildman–Crippen LogP) is 7.70. The van der Waals surface area contributed by atoms with Crippen LogP contribution < -0.4 is 10.1 Å². The summed E-state index contributed by atoms with van der Waals surface area (Å²) in [6, 6.07) is 8.06. The summed E-state index contributed by atoms with van der Waals surface area (Å²) in [5.74, 6) is 1.88. The summed E-state index contributed by atoms with van der Waals surface area (Å²) in [6.45, 7) is 17.0. The third-order valence-electron chi connectivity index (χ3n) is 15.0. The molecule has 1 aromatic carbocycles. The van der Waals surface area contributed by atoms with Crippen molar-refractivity contribution in [3.8, 4) is 5.75 Å². The van der Waals surface area contributed by atoms with Crippen molar-refractivity contribution in [2.24, 2.45) is 50.2 Å². The van der Waals surface area contributed by atoms with Crippen molar-refractivity contribution in [3.05, 3.63) is 41.5 Å². The number of hydrogen-bond acceptors (Lipinski definition) is 4. The summed E-state index contributed by atoms with van der Waals surface area (Å²) in [6.07, 6.45) is 11.4. The number of carbonyl (C=O) groups excluding carboxylic acids is 2. The van der Waals surface area contributed by atoms with Crippen LogP contribution in [-0.4, -0.2) is 36.6 Å². The van der Waals surface area contributed by atoms with Crippen LogP contribution in [0.5, 0.6) is 5.75 Å². The molecule has 0 bridgehead atoms. The molecule has 5 heteroatoms. The fraction of sp³-hybridized carbons (Fsp3) is 0.744. The van der Waals surface area contributed by atoms with Gasteiger partial charge in [0.25, 0.3) is 0 Å². The number of nitrogens with one attached hydrogen (secondary N) is 1. The van der Waals surface area contributed by atoms with E-state index in [4.69, 9.17) is 4.74 Å². The van der Waals surface area contributed by atoms with Crippen LogP contribution in [0.4, 0.5) is 0 Å². The molecule has 0 heterocycles. The van der Waals surface area contributed by atoms with Gasteiger partial charge in [0, 0.05) is 17.9 Å². The number of carbonyl (C=O) groups is 2. The number of aliphatic hydroxyl groups excluding tert-OH is 1. The van der Waals surface area contributed by atoms with E-state index >= 15 is 0 Å². The second-order valence-corrected chi connectivity index (χ2v) is 17.5. The van der Waals surface area contributed by atoms with Gasteiger partial charge in [-0.05, 0) is 127 Å². The van der Waals surface area contributed by atoms with Gasteiger partial charge in [-0.2, -0.15) is 0 Å². The summed E-state index contributed by atoms with van der Waals surface area (Å²) < 4.78 is 5.28. The molecule has 242 valence electrons. The van der Waals surface area contributed by atoms with Crippen LogP contribution >= 0.6 is 0 Å². The number of hydrogen-bond donors (Lipinski definition) is 2. The Kier molecular flexibility index (Phi) is 7.55. The standard InChI is InChI=1S/C39H57NO4/c1-34(2)30-13-17-39(7)32(37(30,5)16-14-31(34)42)29(41)23-27-28-24-36(4,19-18-35(28,3)20-21-38(27,39)6)33(43)40-22-15-25-9-11-26(44-8)12-10-25/h9-12,23,28,30-32,42H,13-22,24H2,1-8H3,(H,40,43)/t28-,30?,31+,32-,35-,36+,37+,38-,39-/m1/s1. The molecule has 4 fully saturated rings. The van der Waals surface area contributed by atoms with Gasteiger partial charge in [0.15, 0.2) is 5.78 Å². The lowest BCUT2D eigenvalue weighted by atomic mass is 9.33. The maximum Gasteiger partial charge on any atom is 0.225 e. The van der Waals surface area contributed by atoms with Gasteiger partial charge in [-0.15, -0.1) is 0 Å². The Hall–Kier alpha value is -2.14. The van der Waals surface area contributed by atoms with E-state index in [1.165, 1.54) is 11.1 Å². The highest BCUT2D eigenvalue weighted by Crippen LogP contribution is 2.75. The quantitative estimate of drug-likeness (QED) is 0.362. The summed E-state index contributed by atoms with van der Waals surface area (Å²) in [7, 11) is 1.67. The Morgan fingerprint density at radius 2 is 1.61 bits per heavy atom. The number of aliphatic hydroxyl groups is 1. The van der Waals surface area contributed by atoms with Gasteiger partial charge in [0.1, 0.15) is 5.75 Å². The minimum absolute atomic E-state index is 0.0186. The van der Waals surface area contributed by atoms with Gasteiger partial charge < -0.3 is 15.2 Å². The van der Waals surface area contributed by atoms with Crippen molar-refractivity contribution >= 4 is 11.7 Å². The first-order valence-electron chi connectivity index (χ1n) is 17.4. The number of fused-ring (bicyclic) bond motifs is 7. The largest absolute Gasteiger partial charge is 0.497 e.